The maximum absolute atomic E-state index is 12.6. The van der Waals surface area contributed by atoms with Crippen molar-refractivity contribution in [3.63, 3.8) is 0 Å². The van der Waals surface area contributed by atoms with Crippen LogP contribution in [0.3, 0.4) is 0 Å². The molecule has 134 valence electrons. The first kappa shape index (κ1) is 18.1. The van der Waals surface area contributed by atoms with E-state index in [1.165, 1.54) is 11.3 Å². The van der Waals surface area contributed by atoms with E-state index >= 15 is 0 Å². The largest absolute Gasteiger partial charge is 0.326 e. The Morgan fingerprint density at radius 2 is 1.76 bits per heavy atom. The monoisotopic (exact) mass is 378 g/mol. The van der Waals surface area contributed by atoms with Gasteiger partial charge in [0, 0.05) is 23.7 Å². The summed E-state index contributed by atoms with van der Waals surface area (Å²) in [5.74, 6) is -0.146. The van der Waals surface area contributed by atoms with Crippen molar-refractivity contribution in [2.45, 2.75) is 36.8 Å². The van der Waals surface area contributed by atoms with Gasteiger partial charge in [0.25, 0.3) is 10.0 Å². The minimum absolute atomic E-state index is 0.146. The molecule has 1 fully saturated rings. The fourth-order valence-electron chi connectivity index (χ4n) is 2.82. The fourth-order valence-corrected chi connectivity index (χ4v) is 5.85. The van der Waals surface area contributed by atoms with Crippen LogP contribution in [0.1, 0.15) is 29.7 Å². The van der Waals surface area contributed by atoms with Gasteiger partial charge in [-0.1, -0.05) is 24.1 Å². The van der Waals surface area contributed by atoms with Gasteiger partial charge in [0.2, 0.25) is 5.91 Å². The summed E-state index contributed by atoms with van der Waals surface area (Å²) >= 11 is 1.18. The number of piperidine rings is 1. The quantitative estimate of drug-likeness (QED) is 0.867. The number of nitrogens with one attached hydrogen (secondary N) is 1. The Morgan fingerprint density at radius 1 is 1.08 bits per heavy atom. The minimum atomic E-state index is -3.42. The van der Waals surface area contributed by atoms with Gasteiger partial charge in [-0.2, -0.15) is 4.31 Å². The van der Waals surface area contributed by atoms with Crippen LogP contribution in [0, 0.1) is 6.92 Å². The molecule has 1 aliphatic heterocycles. The second-order valence-corrected chi connectivity index (χ2v) is 9.61. The number of rotatable bonds is 5. The van der Waals surface area contributed by atoms with Crippen LogP contribution in [0.25, 0.3) is 0 Å². The van der Waals surface area contributed by atoms with E-state index in [4.69, 9.17) is 0 Å². The summed E-state index contributed by atoms with van der Waals surface area (Å²) in [4.78, 5) is 12.9. The molecular weight excluding hydrogens is 356 g/mol. The molecule has 0 spiro atoms. The highest BCUT2D eigenvalue weighted by atomic mass is 32.2. The molecule has 1 saturated heterocycles. The summed E-state index contributed by atoms with van der Waals surface area (Å²) in [5.41, 5.74) is 1.87. The Hall–Kier alpha value is -1.70. The normalized spacial score (nSPS) is 15.9. The number of aryl methyl sites for hydroxylation is 1. The van der Waals surface area contributed by atoms with Gasteiger partial charge in [-0.05, 0) is 44.0 Å². The summed E-state index contributed by atoms with van der Waals surface area (Å²) in [7, 11) is -3.42. The number of sulfonamides is 1. The van der Waals surface area contributed by atoms with Gasteiger partial charge in [0.05, 0.1) is 6.42 Å². The smallest absolute Gasteiger partial charge is 0.252 e. The van der Waals surface area contributed by atoms with Crippen LogP contribution >= 0.6 is 11.3 Å². The third kappa shape index (κ3) is 4.48. The first-order chi connectivity index (χ1) is 11.9. The Bertz CT molecular complexity index is 835. The topological polar surface area (TPSA) is 66.5 Å². The number of thiophene rings is 1. The van der Waals surface area contributed by atoms with E-state index < -0.39 is 10.0 Å². The van der Waals surface area contributed by atoms with Crippen LogP contribution in [0.5, 0.6) is 0 Å². The average Bonchev–Trinajstić information content (AvgIpc) is 3.07. The molecule has 1 aromatic heterocycles. The molecule has 0 atom stereocenters. The molecule has 2 heterocycles. The molecule has 25 heavy (non-hydrogen) atoms. The third-order valence-electron chi connectivity index (χ3n) is 4.22. The highest BCUT2D eigenvalue weighted by molar-refractivity contribution is 7.91. The van der Waals surface area contributed by atoms with Crippen molar-refractivity contribution in [1.82, 2.24) is 4.31 Å². The molecule has 0 aliphatic carbocycles. The molecule has 0 bridgehead atoms. The number of hydrogen-bond acceptors (Lipinski definition) is 4. The molecule has 2 aromatic rings. The Morgan fingerprint density at radius 3 is 2.44 bits per heavy atom. The SMILES string of the molecule is Cc1ccc(NC(=O)Cc2ccc(S(=O)(=O)N3CCCCC3)s2)cc1. The number of nitrogens with zero attached hydrogens (tertiary/aromatic N) is 1. The van der Waals surface area contributed by atoms with Gasteiger partial charge in [-0.15, -0.1) is 11.3 Å². The first-order valence-electron chi connectivity index (χ1n) is 8.40. The highest BCUT2D eigenvalue weighted by Gasteiger charge is 2.27. The van der Waals surface area contributed by atoms with Crippen molar-refractivity contribution < 1.29 is 13.2 Å². The summed E-state index contributed by atoms with van der Waals surface area (Å²) in [6.07, 6.45) is 3.09. The lowest BCUT2D eigenvalue weighted by Gasteiger charge is -2.25. The van der Waals surface area contributed by atoms with Crippen molar-refractivity contribution >= 4 is 33.0 Å². The van der Waals surface area contributed by atoms with E-state index in [0.717, 1.165) is 35.4 Å². The van der Waals surface area contributed by atoms with Gasteiger partial charge < -0.3 is 5.32 Å². The van der Waals surface area contributed by atoms with Crippen molar-refractivity contribution in [2.75, 3.05) is 18.4 Å². The zero-order valence-corrected chi connectivity index (χ0v) is 15.8. The van der Waals surface area contributed by atoms with Gasteiger partial charge in [-0.25, -0.2) is 8.42 Å². The van der Waals surface area contributed by atoms with Crippen LogP contribution in [0.4, 0.5) is 5.69 Å². The molecule has 0 saturated carbocycles. The van der Waals surface area contributed by atoms with E-state index in [2.05, 4.69) is 5.32 Å². The minimum Gasteiger partial charge on any atom is -0.326 e. The Labute approximate surface area is 152 Å². The summed E-state index contributed by atoms with van der Waals surface area (Å²) in [5, 5.41) is 2.84. The van der Waals surface area contributed by atoms with E-state index in [1.54, 1.807) is 16.4 Å². The molecule has 0 unspecified atom stereocenters. The average molecular weight is 379 g/mol. The summed E-state index contributed by atoms with van der Waals surface area (Å²) in [6.45, 7) is 3.16. The van der Waals surface area contributed by atoms with E-state index in [9.17, 15) is 13.2 Å². The van der Waals surface area contributed by atoms with E-state index in [0.29, 0.717) is 17.3 Å². The number of anilines is 1. The molecule has 5 nitrogen and oxygen atoms in total. The summed E-state index contributed by atoms with van der Waals surface area (Å²) < 4.78 is 27.2. The van der Waals surface area contributed by atoms with E-state index in [-0.39, 0.29) is 12.3 Å². The zero-order chi connectivity index (χ0) is 17.9. The number of amides is 1. The van der Waals surface area contributed by atoms with Crippen LogP contribution in [-0.4, -0.2) is 31.7 Å². The predicted octanol–water partition coefficient (Wildman–Crippen LogP) is 3.41. The molecule has 3 rings (SSSR count). The van der Waals surface area contributed by atoms with Crippen molar-refractivity contribution in [3.8, 4) is 0 Å². The number of benzene rings is 1. The number of hydrogen-bond donors (Lipinski definition) is 1. The van der Waals surface area contributed by atoms with Crippen molar-refractivity contribution in [3.05, 3.63) is 46.8 Å². The Kier molecular flexibility index (Phi) is 5.56. The Balaban J connectivity index is 1.64. The lowest BCUT2D eigenvalue weighted by molar-refractivity contribution is -0.115. The lowest BCUT2D eigenvalue weighted by Crippen LogP contribution is -2.35. The highest BCUT2D eigenvalue weighted by Crippen LogP contribution is 2.27. The van der Waals surface area contributed by atoms with Gasteiger partial charge in [0.15, 0.2) is 0 Å². The number of carbonyl (C=O) groups excluding carboxylic acids is 1. The van der Waals surface area contributed by atoms with Crippen LogP contribution in [-0.2, 0) is 21.2 Å². The van der Waals surface area contributed by atoms with Crippen LogP contribution in [0.15, 0.2) is 40.6 Å². The molecule has 1 N–H and O–H groups in total. The molecule has 1 aliphatic rings. The zero-order valence-electron chi connectivity index (χ0n) is 14.2. The van der Waals surface area contributed by atoms with Gasteiger partial charge in [0.1, 0.15) is 4.21 Å². The van der Waals surface area contributed by atoms with E-state index in [1.807, 2.05) is 31.2 Å². The first-order valence-corrected chi connectivity index (χ1v) is 10.7. The van der Waals surface area contributed by atoms with Crippen molar-refractivity contribution in [1.29, 1.82) is 0 Å². The third-order valence-corrected chi connectivity index (χ3v) is 7.67. The fraction of sp³-hybridized carbons (Fsp3) is 0.389. The maximum Gasteiger partial charge on any atom is 0.252 e. The van der Waals surface area contributed by atoms with Crippen LogP contribution < -0.4 is 5.32 Å². The van der Waals surface area contributed by atoms with Crippen molar-refractivity contribution in [2.24, 2.45) is 0 Å². The molecular formula is C18H22N2O3S2. The second-order valence-electron chi connectivity index (χ2n) is 6.28. The molecule has 7 heteroatoms. The standard InChI is InChI=1S/C18H22N2O3S2/c1-14-5-7-15(8-6-14)19-17(21)13-16-9-10-18(24-16)25(22,23)20-11-3-2-4-12-20/h5-10H,2-4,11-13H2,1H3,(H,19,21). The van der Waals surface area contributed by atoms with Crippen LogP contribution in [0.2, 0.25) is 0 Å². The molecule has 1 aromatic carbocycles. The van der Waals surface area contributed by atoms with Gasteiger partial charge >= 0.3 is 0 Å². The molecule has 1 amide bonds. The van der Waals surface area contributed by atoms with Gasteiger partial charge in [-0.3, -0.25) is 4.79 Å². The summed E-state index contributed by atoms with van der Waals surface area (Å²) in [6, 6.07) is 10.9. The maximum atomic E-state index is 12.6. The number of carbonyl (C=O) groups is 1. The molecule has 0 radical (unpaired) electrons. The lowest BCUT2D eigenvalue weighted by atomic mass is 10.2. The predicted molar refractivity (Wildman–Crippen MR) is 100 cm³/mol. The second kappa shape index (κ2) is 7.68.